The second-order valence-electron chi connectivity index (χ2n) is 8.99. The second-order valence-corrected chi connectivity index (χ2v) is 12.0. The number of nitrogens with one attached hydrogen (secondary N) is 3. The zero-order valence-electron chi connectivity index (χ0n) is 20.4. The molecular weight excluding hydrogens is 653 g/mol. The highest BCUT2D eigenvalue weighted by atomic mass is 35.5. The van der Waals surface area contributed by atoms with Gasteiger partial charge in [0.15, 0.2) is 5.82 Å². The fourth-order valence-electron chi connectivity index (χ4n) is 4.18. The smallest absolute Gasteiger partial charge is 0.257 e. The molecule has 0 radical (unpaired) electrons. The molecule has 0 aromatic heterocycles. The van der Waals surface area contributed by atoms with E-state index in [4.69, 9.17) is 69.6 Å². The molecule has 40 heavy (non-hydrogen) atoms. The van der Waals surface area contributed by atoms with Crippen molar-refractivity contribution in [1.29, 1.82) is 0 Å². The highest BCUT2D eigenvalue weighted by molar-refractivity contribution is 6.54. The van der Waals surface area contributed by atoms with Crippen LogP contribution >= 0.6 is 69.6 Å². The molecule has 3 N–H and O–H groups in total. The predicted octanol–water partition coefficient (Wildman–Crippen LogP) is 8.62. The van der Waals surface area contributed by atoms with Gasteiger partial charge in [0.1, 0.15) is 15.8 Å². The van der Waals surface area contributed by atoms with Crippen LogP contribution in [0.5, 0.6) is 0 Å². The number of hydrogen-bond donors (Lipinski definition) is 3. The van der Waals surface area contributed by atoms with Crippen molar-refractivity contribution < 1.29 is 23.2 Å². The lowest BCUT2D eigenvalue weighted by molar-refractivity contribution is -0.117. The Hall–Kier alpha value is -2.33. The average Bonchev–Trinajstić information content (AvgIpc) is 3.45. The van der Waals surface area contributed by atoms with Gasteiger partial charge in [-0.25, -0.2) is 8.78 Å². The van der Waals surface area contributed by atoms with Crippen molar-refractivity contribution in [3.63, 3.8) is 0 Å². The van der Waals surface area contributed by atoms with Gasteiger partial charge < -0.3 is 16.0 Å². The van der Waals surface area contributed by atoms with E-state index in [0.29, 0.717) is 11.1 Å². The highest BCUT2D eigenvalue weighted by Gasteiger charge is 2.67. The number of anilines is 3. The molecule has 3 aromatic rings. The molecule has 0 saturated heterocycles. The standard InChI is InChI=1S/C26H17Cl6F2N3O3/c1-9-5-12(36-25(40)19-18(26(19,31)32)11-6-14(27)21(30)15(28)7-11)8-13(20(9)29)24(39)37-17-4-3-16(33)23(22(17)34)35-10(2)38/h3-8,18-19H,1-2H3,(H,35,38)(H,36,40)(H,37,39)/t18-,19?/m0/s1. The third-order valence-corrected chi connectivity index (χ3v) is 8.75. The Morgan fingerprint density at radius 3 is 2.10 bits per heavy atom. The van der Waals surface area contributed by atoms with Gasteiger partial charge in [-0.2, -0.15) is 0 Å². The number of carbonyl (C=O) groups is 3. The Morgan fingerprint density at radius 2 is 1.50 bits per heavy atom. The summed E-state index contributed by atoms with van der Waals surface area (Å²) in [6, 6.07) is 7.70. The van der Waals surface area contributed by atoms with Gasteiger partial charge in [0.2, 0.25) is 11.8 Å². The molecule has 0 bridgehead atoms. The molecule has 2 atom stereocenters. The van der Waals surface area contributed by atoms with E-state index in [1.54, 1.807) is 6.92 Å². The zero-order valence-corrected chi connectivity index (χ0v) is 24.9. The summed E-state index contributed by atoms with van der Waals surface area (Å²) in [6.07, 6.45) is 0. The van der Waals surface area contributed by atoms with Crippen LogP contribution in [-0.4, -0.2) is 22.1 Å². The van der Waals surface area contributed by atoms with Gasteiger partial charge in [-0.05, 0) is 54.4 Å². The number of benzene rings is 3. The topological polar surface area (TPSA) is 87.3 Å². The maximum atomic E-state index is 14.8. The largest absolute Gasteiger partial charge is 0.326 e. The first-order valence-electron chi connectivity index (χ1n) is 11.3. The summed E-state index contributed by atoms with van der Waals surface area (Å²) in [5.41, 5.74) is -0.146. The van der Waals surface area contributed by atoms with Gasteiger partial charge in [0.25, 0.3) is 5.91 Å². The van der Waals surface area contributed by atoms with Crippen LogP contribution in [0.25, 0.3) is 0 Å². The summed E-state index contributed by atoms with van der Waals surface area (Å²) in [4.78, 5) is 37.5. The highest BCUT2D eigenvalue weighted by Crippen LogP contribution is 2.65. The van der Waals surface area contributed by atoms with E-state index >= 15 is 0 Å². The Balaban J connectivity index is 1.57. The molecule has 1 aliphatic carbocycles. The van der Waals surface area contributed by atoms with Gasteiger partial charge in [-0.3, -0.25) is 14.4 Å². The van der Waals surface area contributed by atoms with E-state index in [0.717, 1.165) is 19.1 Å². The van der Waals surface area contributed by atoms with Crippen LogP contribution in [0.15, 0.2) is 36.4 Å². The molecule has 4 rings (SSSR count). The van der Waals surface area contributed by atoms with E-state index < -0.39 is 56.9 Å². The van der Waals surface area contributed by atoms with Crippen molar-refractivity contribution in [1.82, 2.24) is 0 Å². The summed E-state index contributed by atoms with van der Waals surface area (Å²) in [7, 11) is 0. The molecule has 14 heteroatoms. The lowest BCUT2D eigenvalue weighted by Gasteiger charge is -2.14. The summed E-state index contributed by atoms with van der Waals surface area (Å²) in [6.45, 7) is 2.67. The first-order valence-corrected chi connectivity index (χ1v) is 13.6. The molecule has 1 unspecified atom stereocenters. The molecule has 1 saturated carbocycles. The van der Waals surface area contributed by atoms with Crippen molar-refractivity contribution in [2.24, 2.45) is 5.92 Å². The van der Waals surface area contributed by atoms with Crippen LogP contribution in [0.3, 0.4) is 0 Å². The lowest BCUT2D eigenvalue weighted by Crippen LogP contribution is -2.19. The maximum absolute atomic E-state index is 14.8. The third kappa shape index (κ3) is 5.98. The molecule has 0 heterocycles. The molecule has 3 aromatic carbocycles. The van der Waals surface area contributed by atoms with E-state index in [1.165, 1.54) is 24.3 Å². The van der Waals surface area contributed by atoms with E-state index in [2.05, 4.69) is 10.6 Å². The number of carbonyl (C=O) groups excluding carboxylic acids is 3. The SMILES string of the molecule is CC(=O)Nc1c(F)ccc(NC(=O)c2cc(NC(=O)C3[C@H](c4cc(Cl)c(Cl)c(Cl)c4)C3(Cl)Cl)cc(C)c2Cl)c1F. The van der Waals surface area contributed by atoms with Gasteiger partial charge in [-0.15, -0.1) is 23.2 Å². The Labute approximate surface area is 257 Å². The van der Waals surface area contributed by atoms with Gasteiger partial charge in [-0.1, -0.05) is 46.4 Å². The number of halogens is 8. The Bertz CT molecular complexity index is 1560. The molecule has 1 fully saturated rings. The normalized spacial score (nSPS) is 17.2. The number of aryl methyl sites for hydroxylation is 1. The van der Waals surface area contributed by atoms with E-state index in [9.17, 15) is 23.2 Å². The van der Waals surface area contributed by atoms with Crippen molar-refractivity contribution in [2.45, 2.75) is 24.1 Å². The molecule has 3 amide bonds. The van der Waals surface area contributed by atoms with Crippen LogP contribution in [-0.2, 0) is 9.59 Å². The van der Waals surface area contributed by atoms with E-state index in [1.807, 2.05) is 5.32 Å². The van der Waals surface area contributed by atoms with Crippen molar-refractivity contribution in [3.05, 3.63) is 84.8 Å². The Morgan fingerprint density at radius 1 is 0.875 bits per heavy atom. The monoisotopic (exact) mass is 667 g/mol. The van der Waals surface area contributed by atoms with Crippen LogP contribution < -0.4 is 16.0 Å². The molecule has 6 nitrogen and oxygen atoms in total. The van der Waals surface area contributed by atoms with E-state index in [-0.39, 0.29) is 31.3 Å². The first-order chi connectivity index (χ1) is 18.6. The fraction of sp³-hybridized carbons (Fsp3) is 0.192. The second kappa shape index (κ2) is 11.5. The molecular formula is C26H17Cl6F2N3O3. The minimum Gasteiger partial charge on any atom is -0.326 e. The maximum Gasteiger partial charge on any atom is 0.257 e. The number of rotatable bonds is 6. The Kier molecular flexibility index (Phi) is 8.81. The molecule has 210 valence electrons. The summed E-state index contributed by atoms with van der Waals surface area (Å²) < 4.78 is 27.3. The van der Waals surface area contributed by atoms with Crippen LogP contribution in [0.4, 0.5) is 25.8 Å². The van der Waals surface area contributed by atoms with Gasteiger partial charge >= 0.3 is 0 Å². The predicted molar refractivity (Wildman–Crippen MR) is 156 cm³/mol. The number of alkyl halides is 2. The lowest BCUT2D eigenvalue weighted by atomic mass is 10.1. The van der Waals surface area contributed by atoms with Crippen LogP contribution in [0.1, 0.15) is 34.3 Å². The van der Waals surface area contributed by atoms with Crippen LogP contribution in [0.2, 0.25) is 20.1 Å². The third-order valence-electron chi connectivity index (χ3n) is 6.11. The molecule has 0 spiro atoms. The van der Waals surface area contributed by atoms with Crippen molar-refractivity contribution >= 4 is 104 Å². The number of amides is 3. The zero-order chi connectivity index (χ0) is 29.7. The minimum atomic E-state index is -1.47. The summed E-state index contributed by atoms with van der Waals surface area (Å²) >= 11 is 37.4. The minimum absolute atomic E-state index is 0.0267. The van der Waals surface area contributed by atoms with Crippen LogP contribution in [0, 0.1) is 24.5 Å². The number of hydrogen-bond acceptors (Lipinski definition) is 3. The first kappa shape index (κ1) is 30.6. The molecule has 1 aliphatic rings. The summed E-state index contributed by atoms with van der Waals surface area (Å²) in [5.74, 6) is -5.90. The fourth-order valence-corrected chi connectivity index (χ4v) is 5.81. The quantitative estimate of drug-likeness (QED) is 0.181. The van der Waals surface area contributed by atoms with Gasteiger partial charge in [0.05, 0.1) is 37.3 Å². The van der Waals surface area contributed by atoms with Crippen molar-refractivity contribution in [2.75, 3.05) is 16.0 Å². The van der Waals surface area contributed by atoms with Crippen molar-refractivity contribution in [3.8, 4) is 0 Å². The van der Waals surface area contributed by atoms with Gasteiger partial charge in [0, 0.05) is 18.5 Å². The molecule has 0 aliphatic heterocycles. The average molecular weight is 670 g/mol. The summed E-state index contributed by atoms with van der Waals surface area (Å²) in [5, 5.41) is 7.52.